The summed E-state index contributed by atoms with van der Waals surface area (Å²) in [5.74, 6) is -1.59. The first kappa shape index (κ1) is 11.7. The smallest absolute Gasteiger partial charge is 0.336 e. The molecule has 3 nitrogen and oxygen atoms in total. The van der Waals surface area contributed by atoms with Crippen LogP contribution in [0.3, 0.4) is 0 Å². The minimum Gasteiger partial charge on any atom is -0.478 e. The van der Waals surface area contributed by atoms with Crippen LogP contribution in [0.25, 0.3) is 11.1 Å². The molecular formula is C12H7BrFNO2. The van der Waals surface area contributed by atoms with Crippen LogP contribution in [0, 0.1) is 5.82 Å². The Morgan fingerprint density at radius 1 is 1.29 bits per heavy atom. The van der Waals surface area contributed by atoms with Gasteiger partial charge >= 0.3 is 5.97 Å². The molecular weight excluding hydrogens is 289 g/mol. The molecule has 2 rings (SSSR count). The fourth-order valence-electron chi connectivity index (χ4n) is 1.50. The van der Waals surface area contributed by atoms with Crippen molar-refractivity contribution < 1.29 is 14.3 Å². The van der Waals surface area contributed by atoms with Gasteiger partial charge in [-0.3, -0.25) is 4.98 Å². The van der Waals surface area contributed by atoms with Crippen molar-refractivity contribution in [3.8, 4) is 11.1 Å². The molecule has 0 fully saturated rings. The molecule has 86 valence electrons. The van der Waals surface area contributed by atoms with Crippen molar-refractivity contribution in [2.24, 2.45) is 0 Å². The number of nitrogens with zero attached hydrogens (tertiary/aromatic N) is 1. The number of hydrogen-bond donors (Lipinski definition) is 1. The first-order valence-corrected chi connectivity index (χ1v) is 5.51. The van der Waals surface area contributed by atoms with E-state index in [1.807, 2.05) is 0 Å². The molecule has 1 N–H and O–H groups in total. The Balaban J connectivity index is 2.68. The van der Waals surface area contributed by atoms with E-state index in [-0.39, 0.29) is 16.7 Å². The zero-order chi connectivity index (χ0) is 12.4. The first-order chi connectivity index (χ1) is 8.09. The summed E-state index contributed by atoms with van der Waals surface area (Å²) in [6.07, 6.45) is 2.71. The predicted octanol–water partition coefficient (Wildman–Crippen LogP) is 3.35. The topological polar surface area (TPSA) is 50.2 Å². The molecule has 1 heterocycles. The molecule has 0 aliphatic heterocycles. The number of pyridine rings is 1. The van der Waals surface area contributed by atoms with E-state index >= 15 is 0 Å². The third-order valence-electron chi connectivity index (χ3n) is 2.27. The van der Waals surface area contributed by atoms with Crippen LogP contribution < -0.4 is 0 Å². The second-order valence-corrected chi connectivity index (χ2v) is 4.27. The Morgan fingerprint density at radius 3 is 2.76 bits per heavy atom. The number of halogens is 2. The highest BCUT2D eigenvalue weighted by molar-refractivity contribution is 9.10. The van der Waals surface area contributed by atoms with Crippen molar-refractivity contribution in [3.05, 3.63) is 52.5 Å². The number of hydrogen-bond acceptors (Lipinski definition) is 2. The molecule has 0 bridgehead atoms. The number of carboxylic acids is 1. The highest BCUT2D eigenvalue weighted by Crippen LogP contribution is 2.28. The van der Waals surface area contributed by atoms with Gasteiger partial charge in [-0.25, -0.2) is 9.18 Å². The maximum Gasteiger partial charge on any atom is 0.336 e. The molecule has 0 spiro atoms. The van der Waals surface area contributed by atoms with Crippen LogP contribution in [0.5, 0.6) is 0 Å². The molecule has 5 heteroatoms. The molecule has 0 radical (unpaired) electrons. The summed E-state index contributed by atoms with van der Waals surface area (Å²) in [4.78, 5) is 14.9. The fraction of sp³-hybridized carbons (Fsp3) is 0. The molecule has 0 saturated heterocycles. The maximum absolute atomic E-state index is 13.7. The molecule has 0 unspecified atom stereocenters. The first-order valence-electron chi connectivity index (χ1n) is 4.72. The van der Waals surface area contributed by atoms with E-state index in [0.29, 0.717) is 4.47 Å². The van der Waals surface area contributed by atoms with Crippen LogP contribution in [-0.2, 0) is 0 Å². The quantitative estimate of drug-likeness (QED) is 0.924. The lowest BCUT2D eigenvalue weighted by Gasteiger charge is -2.07. The Morgan fingerprint density at radius 2 is 2.06 bits per heavy atom. The standard InChI is InChI=1S/C12H7BrFNO2/c13-7-1-2-11(14)9(5-7)10-6-15-4-3-8(10)12(16)17/h1-6H,(H,16,17). The monoisotopic (exact) mass is 295 g/mol. The average Bonchev–Trinajstić information content (AvgIpc) is 2.32. The van der Waals surface area contributed by atoms with Crippen LogP contribution >= 0.6 is 15.9 Å². The normalized spacial score (nSPS) is 10.2. The van der Waals surface area contributed by atoms with Crippen molar-refractivity contribution in [2.45, 2.75) is 0 Å². The third kappa shape index (κ3) is 2.34. The number of aromatic nitrogens is 1. The van der Waals surface area contributed by atoms with Gasteiger partial charge in [-0.1, -0.05) is 15.9 Å². The van der Waals surface area contributed by atoms with Crippen molar-refractivity contribution in [3.63, 3.8) is 0 Å². The van der Waals surface area contributed by atoms with Gasteiger partial charge in [0.25, 0.3) is 0 Å². The van der Waals surface area contributed by atoms with Gasteiger partial charge in [-0.2, -0.15) is 0 Å². The summed E-state index contributed by atoms with van der Waals surface area (Å²) in [6, 6.07) is 5.70. The number of carboxylic acid groups (broad SMARTS) is 1. The zero-order valence-electron chi connectivity index (χ0n) is 8.52. The van der Waals surface area contributed by atoms with Gasteiger partial charge in [0.15, 0.2) is 0 Å². The zero-order valence-corrected chi connectivity index (χ0v) is 10.1. The molecule has 0 aliphatic carbocycles. The minimum absolute atomic E-state index is 0.0250. The van der Waals surface area contributed by atoms with Crippen LogP contribution in [0.15, 0.2) is 41.1 Å². The van der Waals surface area contributed by atoms with Gasteiger partial charge in [-0.05, 0) is 24.3 Å². The average molecular weight is 296 g/mol. The fourth-order valence-corrected chi connectivity index (χ4v) is 1.86. The molecule has 0 atom stereocenters. The van der Waals surface area contributed by atoms with Crippen LogP contribution in [0.4, 0.5) is 4.39 Å². The third-order valence-corrected chi connectivity index (χ3v) is 2.76. The van der Waals surface area contributed by atoms with Crippen LogP contribution in [0.2, 0.25) is 0 Å². The molecule has 1 aromatic carbocycles. The highest BCUT2D eigenvalue weighted by Gasteiger charge is 2.14. The van der Waals surface area contributed by atoms with E-state index in [4.69, 9.17) is 5.11 Å². The van der Waals surface area contributed by atoms with Gasteiger partial charge in [0.2, 0.25) is 0 Å². The van der Waals surface area contributed by atoms with Crippen molar-refractivity contribution in [2.75, 3.05) is 0 Å². The summed E-state index contributed by atoms with van der Waals surface area (Å²) < 4.78 is 14.3. The maximum atomic E-state index is 13.7. The largest absolute Gasteiger partial charge is 0.478 e. The molecule has 17 heavy (non-hydrogen) atoms. The lowest BCUT2D eigenvalue weighted by Crippen LogP contribution is -2.01. The summed E-state index contributed by atoms with van der Waals surface area (Å²) in [5, 5.41) is 9.03. The van der Waals surface area contributed by atoms with E-state index in [2.05, 4.69) is 20.9 Å². The van der Waals surface area contributed by atoms with Gasteiger partial charge in [-0.15, -0.1) is 0 Å². The van der Waals surface area contributed by atoms with Crippen LogP contribution in [-0.4, -0.2) is 16.1 Å². The van der Waals surface area contributed by atoms with Crippen LogP contribution in [0.1, 0.15) is 10.4 Å². The van der Waals surface area contributed by atoms with E-state index in [9.17, 15) is 9.18 Å². The lowest BCUT2D eigenvalue weighted by atomic mass is 10.0. The van der Waals surface area contributed by atoms with E-state index in [1.54, 1.807) is 6.07 Å². The Hall–Kier alpha value is -1.75. The summed E-state index contributed by atoms with van der Waals surface area (Å²) in [5.41, 5.74) is 0.501. The number of carbonyl (C=O) groups is 1. The molecule has 0 aliphatic rings. The van der Waals surface area contributed by atoms with Gasteiger partial charge in [0.05, 0.1) is 5.56 Å². The Kier molecular flexibility index (Phi) is 3.19. The Bertz CT molecular complexity index is 586. The minimum atomic E-state index is -1.11. The second-order valence-electron chi connectivity index (χ2n) is 3.35. The Labute approximate surface area is 105 Å². The van der Waals surface area contributed by atoms with Gasteiger partial charge < -0.3 is 5.11 Å². The van der Waals surface area contributed by atoms with E-state index in [0.717, 1.165) is 0 Å². The molecule has 0 amide bonds. The lowest BCUT2D eigenvalue weighted by molar-refractivity contribution is 0.0697. The summed E-state index contributed by atoms with van der Waals surface area (Å²) in [7, 11) is 0. The SMILES string of the molecule is O=C(O)c1ccncc1-c1cc(Br)ccc1F. The summed E-state index contributed by atoms with van der Waals surface area (Å²) in [6.45, 7) is 0. The highest BCUT2D eigenvalue weighted by atomic mass is 79.9. The molecule has 0 saturated carbocycles. The van der Waals surface area contributed by atoms with Crippen molar-refractivity contribution >= 4 is 21.9 Å². The van der Waals surface area contributed by atoms with E-state index < -0.39 is 11.8 Å². The molecule has 2 aromatic rings. The van der Waals surface area contributed by atoms with Gasteiger partial charge in [0, 0.05) is 28.0 Å². The number of aromatic carboxylic acids is 1. The number of benzene rings is 1. The van der Waals surface area contributed by atoms with Gasteiger partial charge in [0.1, 0.15) is 5.82 Å². The van der Waals surface area contributed by atoms with E-state index in [1.165, 1.54) is 30.6 Å². The number of rotatable bonds is 2. The van der Waals surface area contributed by atoms with Crippen molar-refractivity contribution in [1.82, 2.24) is 4.98 Å². The molecule has 1 aromatic heterocycles. The second kappa shape index (κ2) is 4.63. The van der Waals surface area contributed by atoms with Crippen molar-refractivity contribution in [1.29, 1.82) is 0 Å². The summed E-state index contributed by atoms with van der Waals surface area (Å²) >= 11 is 3.22. The predicted molar refractivity (Wildman–Crippen MR) is 64.3 cm³/mol.